The number of aryl methyl sites for hydroxylation is 2. The zero-order chi connectivity index (χ0) is 17.8. The van der Waals surface area contributed by atoms with E-state index in [4.69, 9.17) is 0 Å². The largest absolute Gasteiger partial charge is 0.324 e. The van der Waals surface area contributed by atoms with E-state index in [1.54, 1.807) is 0 Å². The predicted molar refractivity (Wildman–Crippen MR) is 103 cm³/mol. The molecule has 3 rings (SSSR count). The predicted octanol–water partition coefficient (Wildman–Crippen LogP) is 4.85. The minimum Gasteiger partial charge on any atom is -0.324 e. The Morgan fingerprint density at radius 3 is 2.24 bits per heavy atom. The molecule has 1 aromatic heterocycles. The molecule has 1 heterocycles. The van der Waals surface area contributed by atoms with E-state index in [1.807, 2.05) is 56.3 Å². The van der Waals surface area contributed by atoms with Crippen LogP contribution in [0.15, 0.2) is 59.3 Å². The van der Waals surface area contributed by atoms with Crippen LogP contribution in [0.5, 0.6) is 0 Å². The molecule has 0 bridgehead atoms. The van der Waals surface area contributed by atoms with Gasteiger partial charge in [0.05, 0.1) is 5.56 Å². The maximum Gasteiger partial charge on any atom is 0.258 e. The summed E-state index contributed by atoms with van der Waals surface area (Å²) in [6.45, 7) is 4.00. The summed E-state index contributed by atoms with van der Waals surface area (Å²) in [7, 11) is 0. The number of hydrogen-bond acceptors (Lipinski definition) is 4. The molecule has 126 valence electrons. The summed E-state index contributed by atoms with van der Waals surface area (Å²) in [5.74, 6) is 0.198. The molecule has 0 atom stereocenters. The van der Waals surface area contributed by atoms with Crippen molar-refractivity contribution >= 4 is 39.2 Å². The third kappa shape index (κ3) is 4.42. The molecule has 0 aliphatic heterocycles. The third-order valence-electron chi connectivity index (χ3n) is 3.64. The van der Waals surface area contributed by atoms with Crippen molar-refractivity contribution in [1.82, 2.24) is 9.97 Å². The Hall–Kier alpha value is -2.73. The lowest BCUT2D eigenvalue weighted by Gasteiger charge is -2.08. The van der Waals surface area contributed by atoms with Gasteiger partial charge < -0.3 is 10.6 Å². The van der Waals surface area contributed by atoms with Crippen LogP contribution in [-0.2, 0) is 0 Å². The van der Waals surface area contributed by atoms with Crippen molar-refractivity contribution in [2.75, 3.05) is 10.6 Å². The number of amides is 1. The Kier molecular flexibility index (Phi) is 5.09. The fourth-order valence-electron chi connectivity index (χ4n) is 2.20. The summed E-state index contributed by atoms with van der Waals surface area (Å²) >= 11 is 3.44. The maximum absolute atomic E-state index is 12.3. The van der Waals surface area contributed by atoms with E-state index in [9.17, 15) is 4.79 Å². The zero-order valence-electron chi connectivity index (χ0n) is 13.9. The molecule has 3 aromatic rings. The van der Waals surface area contributed by atoms with E-state index in [0.29, 0.717) is 11.5 Å². The Morgan fingerprint density at radius 1 is 0.960 bits per heavy atom. The van der Waals surface area contributed by atoms with Crippen LogP contribution >= 0.6 is 15.9 Å². The molecule has 0 unspecified atom stereocenters. The van der Waals surface area contributed by atoms with Gasteiger partial charge in [-0.25, -0.2) is 9.97 Å². The van der Waals surface area contributed by atoms with Crippen LogP contribution in [0.2, 0.25) is 0 Å². The first-order chi connectivity index (χ1) is 12.0. The smallest absolute Gasteiger partial charge is 0.258 e. The van der Waals surface area contributed by atoms with Crippen molar-refractivity contribution in [3.8, 4) is 0 Å². The number of nitrogens with zero attached hydrogens (tertiary/aromatic N) is 2. The molecule has 0 radical (unpaired) electrons. The highest BCUT2D eigenvalue weighted by Crippen LogP contribution is 2.20. The molecule has 0 aliphatic rings. The molecule has 1 amide bonds. The lowest BCUT2D eigenvalue weighted by Crippen LogP contribution is -2.13. The number of carbonyl (C=O) groups excluding carboxylic acids is 1. The summed E-state index contributed by atoms with van der Waals surface area (Å²) in [6, 6.07) is 13.6. The van der Waals surface area contributed by atoms with Gasteiger partial charge in [0.15, 0.2) is 0 Å². The van der Waals surface area contributed by atoms with Gasteiger partial charge in [-0.2, -0.15) is 0 Å². The molecule has 5 nitrogen and oxygen atoms in total. The van der Waals surface area contributed by atoms with Crippen LogP contribution in [-0.4, -0.2) is 15.9 Å². The van der Waals surface area contributed by atoms with Crippen molar-refractivity contribution in [3.63, 3.8) is 0 Å². The van der Waals surface area contributed by atoms with Gasteiger partial charge in [0, 0.05) is 28.2 Å². The molecule has 25 heavy (non-hydrogen) atoms. The third-order valence-corrected chi connectivity index (χ3v) is 4.53. The summed E-state index contributed by atoms with van der Waals surface area (Å²) in [5.41, 5.74) is 4.25. The number of rotatable bonds is 4. The molecule has 0 saturated carbocycles. The minimum atomic E-state index is -0.247. The van der Waals surface area contributed by atoms with E-state index in [0.717, 1.165) is 21.4 Å². The average molecular weight is 397 g/mol. The van der Waals surface area contributed by atoms with Crippen molar-refractivity contribution in [2.24, 2.45) is 0 Å². The maximum atomic E-state index is 12.3. The standard InChI is InChI=1S/C19H17BrN4O/c1-12-3-5-15(6-4-12)24-19-21-10-14(11-22-19)18(25)23-16-7-8-17(20)13(2)9-16/h3-11H,1-2H3,(H,23,25)(H,21,22,24). The van der Waals surface area contributed by atoms with Crippen molar-refractivity contribution < 1.29 is 4.79 Å². The van der Waals surface area contributed by atoms with Gasteiger partial charge in [0.25, 0.3) is 5.91 Å². The van der Waals surface area contributed by atoms with Crippen molar-refractivity contribution in [1.29, 1.82) is 0 Å². The van der Waals surface area contributed by atoms with Gasteiger partial charge in [-0.15, -0.1) is 0 Å². The highest BCUT2D eigenvalue weighted by molar-refractivity contribution is 9.10. The zero-order valence-corrected chi connectivity index (χ0v) is 15.5. The second kappa shape index (κ2) is 7.44. The Bertz CT molecular complexity index is 892. The molecule has 6 heteroatoms. The molecular formula is C19H17BrN4O. The van der Waals surface area contributed by atoms with Gasteiger partial charge in [-0.3, -0.25) is 4.79 Å². The van der Waals surface area contributed by atoms with Crippen LogP contribution in [0.1, 0.15) is 21.5 Å². The lowest BCUT2D eigenvalue weighted by atomic mass is 10.2. The summed E-state index contributed by atoms with van der Waals surface area (Å²) in [6.07, 6.45) is 3.01. The van der Waals surface area contributed by atoms with Crippen LogP contribution in [0, 0.1) is 13.8 Å². The average Bonchev–Trinajstić information content (AvgIpc) is 2.61. The first-order valence-corrected chi connectivity index (χ1v) is 8.54. The number of halogens is 1. The van der Waals surface area contributed by atoms with Gasteiger partial charge in [-0.1, -0.05) is 33.6 Å². The number of benzene rings is 2. The number of nitrogens with one attached hydrogen (secondary N) is 2. The van der Waals surface area contributed by atoms with Crippen LogP contribution in [0.25, 0.3) is 0 Å². The Morgan fingerprint density at radius 2 is 1.60 bits per heavy atom. The van der Waals surface area contributed by atoms with Gasteiger partial charge in [0.2, 0.25) is 5.95 Å². The minimum absolute atomic E-state index is 0.247. The summed E-state index contributed by atoms with van der Waals surface area (Å²) in [5, 5.41) is 5.94. The Labute approximate surface area is 154 Å². The summed E-state index contributed by atoms with van der Waals surface area (Å²) in [4.78, 5) is 20.7. The molecule has 0 saturated heterocycles. The molecule has 0 fully saturated rings. The van der Waals surface area contributed by atoms with E-state index in [2.05, 4.69) is 36.5 Å². The number of anilines is 3. The van der Waals surface area contributed by atoms with Crippen molar-refractivity contribution in [3.05, 3.63) is 76.0 Å². The highest BCUT2D eigenvalue weighted by Gasteiger charge is 2.08. The van der Waals surface area contributed by atoms with E-state index in [-0.39, 0.29) is 5.91 Å². The number of hydrogen-bond donors (Lipinski definition) is 2. The fraction of sp³-hybridized carbons (Fsp3) is 0.105. The topological polar surface area (TPSA) is 66.9 Å². The highest BCUT2D eigenvalue weighted by atomic mass is 79.9. The van der Waals surface area contributed by atoms with Crippen LogP contribution in [0.3, 0.4) is 0 Å². The fourth-order valence-corrected chi connectivity index (χ4v) is 2.45. The lowest BCUT2D eigenvalue weighted by molar-refractivity contribution is 0.102. The number of carbonyl (C=O) groups is 1. The second-order valence-corrected chi connectivity index (χ2v) is 6.56. The number of aromatic nitrogens is 2. The normalized spacial score (nSPS) is 10.4. The second-order valence-electron chi connectivity index (χ2n) is 5.70. The van der Waals surface area contributed by atoms with Gasteiger partial charge in [-0.05, 0) is 49.7 Å². The molecule has 0 spiro atoms. The van der Waals surface area contributed by atoms with Gasteiger partial charge >= 0.3 is 0 Å². The molecular weight excluding hydrogens is 380 g/mol. The monoisotopic (exact) mass is 396 g/mol. The van der Waals surface area contributed by atoms with E-state index in [1.165, 1.54) is 18.0 Å². The molecule has 2 aromatic carbocycles. The first kappa shape index (κ1) is 17.1. The first-order valence-electron chi connectivity index (χ1n) is 7.74. The Balaban J connectivity index is 1.67. The van der Waals surface area contributed by atoms with Crippen LogP contribution < -0.4 is 10.6 Å². The van der Waals surface area contributed by atoms with Crippen LogP contribution in [0.4, 0.5) is 17.3 Å². The molecule has 2 N–H and O–H groups in total. The molecule has 0 aliphatic carbocycles. The van der Waals surface area contributed by atoms with Crippen molar-refractivity contribution in [2.45, 2.75) is 13.8 Å². The van der Waals surface area contributed by atoms with E-state index >= 15 is 0 Å². The SMILES string of the molecule is Cc1ccc(Nc2ncc(C(=O)Nc3ccc(Br)c(C)c3)cn2)cc1. The summed E-state index contributed by atoms with van der Waals surface area (Å²) < 4.78 is 1.00. The van der Waals surface area contributed by atoms with E-state index < -0.39 is 0 Å². The quantitative estimate of drug-likeness (QED) is 0.661. The van der Waals surface area contributed by atoms with Gasteiger partial charge in [0.1, 0.15) is 0 Å².